The van der Waals surface area contributed by atoms with Crippen molar-refractivity contribution in [2.45, 2.75) is 69.5 Å². The van der Waals surface area contributed by atoms with Gasteiger partial charge < -0.3 is 15.5 Å². The molecule has 0 aromatic heterocycles. The number of piperidine rings is 1. The molecule has 0 spiro atoms. The minimum Gasteiger partial charge on any atom is -0.352 e. The second-order valence-corrected chi connectivity index (χ2v) is 8.56. The van der Waals surface area contributed by atoms with E-state index in [-0.39, 0.29) is 30.3 Å². The molecule has 3 heterocycles. The highest BCUT2D eigenvalue weighted by molar-refractivity contribution is 5.85. The summed E-state index contributed by atoms with van der Waals surface area (Å²) in [6.07, 6.45) is 7.66. The average Bonchev–Trinajstić information content (AvgIpc) is 3.26. The summed E-state index contributed by atoms with van der Waals surface area (Å²) in [5, 5.41) is 6.81. The van der Waals surface area contributed by atoms with E-state index in [1.54, 1.807) is 0 Å². The predicted octanol–water partition coefficient (Wildman–Crippen LogP) is 2.68. The standard InChI is InChI=1S/C22H31N3O2.ClH/c26-21(14-17-12-18-7-8-19(13-17)23-18)24-20-10-11-25(15-20)22(27)9-6-16-4-2-1-3-5-16;/h1-5,17-20,23H,6-15H2,(H,24,26);1H. The molecule has 3 saturated heterocycles. The molecule has 154 valence electrons. The lowest BCUT2D eigenvalue weighted by molar-refractivity contribution is -0.130. The normalized spacial score (nSPS) is 28.6. The van der Waals surface area contributed by atoms with Crippen LogP contribution < -0.4 is 10.6 Å². The fourth-order valence-electron chi connectivity index (χ4n) is 5.05. The van der Waals surface area contributed by atoms with Gasteiger partial charge in [-0.3, -0.25) is 9.59 Å². The van der Waals surface area contributed by atoms with Crippen LogP contribution in [-0.2, 0) is 16.0 Å². The van der Waals surface area contributed by atoms with E-state index in [1.165, 1.54) is 18.4 Å². The van der Waals surface area contributed by atoms with E-state index in [2.05, 4.69) is 22.8 Å². The fourth-order valence-corrected chi connectivity index (χ4v) is 5.05. The van der Waals surface area contributed by atoms with Crippen molar-refractivity contribution >= 4 is 24.2 Å². The summed E-state index contributed by atoms with van der Waals surface area (Å²) in [5.74, 6) is 0.893. The average molecular weight is 406 g/mol. The summed E-state index contributed by atoms with van der Waals surface area (Å²) < 4.78 is 0. The Morgan fingerprint density at radius 3 is 2.50 bits per heavy atom. The van der Waals surface area contributed by atoms with Crippen molar-refractivity contribution in [3.8, 4) is 0 Å². The van der Waals surface area contributed by atoms with E-state index >= 15 is 0 Å². The second-order valence-electron chi connectivity index (χ2n) is 8.56. The molecular weight excluding hydrogens is 374 g/mol. The van der Waals surface area contributed by atoms with Crippen LogP contribution in [0.25, 0.3) is 0 Å². The molecule has 3 aliphatic heterocycles. The number of likely N-dealkylation sites (tertiary alicyclic amines) is 1. The molecule has 1 aromatic carbocycles. The van der Waals surface area contributed by atoms with Crippen molar-refractivity contribution in [2.75, 3.05) is 13.1 Å². The van der Waals surface area contributed by atoms with E-state index < -0.39 is 0 Å². The summed E-state index contributed by atoms with van der Waals surface area (Å²) in [6.45, 7) is 1.42. The maximum atomic E-state index is 12.5. The van der Waals surface area contributed by atoms with Crippen LogP contribution in [0.3, 0.4) is 0 Å². The quantitative estimate of drug-likeness (QED) is 0.764. The lowest BCUT2D eigenvalue weighted by Gasteiger charge is -2.29. The first kappa shape index (κ1) is 21.1. The molecule has 3 fully saturated rings. The summed E-state index contributed by atoms with van der Waals surface area (Å²) in [5.41, 5.74) is 1.20. The summed E-state index contributed by atoms with van der Waals surface area (Å²) >= 11 is 0. The Morgan fingerprint density at radius 1 is 1.07 bits per heavy atom. The molecule has 3 atom stereocenters. The van der Waals surface area contributed by atoms with Gasteiger partial charge in [0.2, 0.25) is 11.8 Å². The third-order valence-electron chi connectivity index (χ3n) is 6.42. The molecule has 2 bridgehead atoms. The predicted molar refractivity (Wildman–Crippen MR) is 112 cm³/mol. The number of nitrogens with zero attached hydrogens (tertiary/aromatic N) is 1. The maximum absolute atomic E-state index is 12.5. The van der Waals surface area contributed by atoms with E-state index in [4.69, 9.17) is 0 Å². The molecule has 4 rings (SSSR count). The molecule has 1 aromatic rings. The van der Waals surface area contributed by atoms with Gasteiger partial charge in [-0.25, -0.2) is 0 Å². The third kappa shape index (κ3) is 5.48. The number of amides is 2. The lowest BCUT2D eigenvalue weighted by atomic mass is 9.89. The second kappa shape index (κ2) is 9.75. The van der Waals surface area contributed by atoms with E-state index in [0.717, 1.165) is 32.2 Å². The number of carbonyl (C=O) groups excluding carboxylic acids is 2. The van der Waals surface area contributed by atoms with Gasteiger partial charge in [-0.15, -0.1) is 12.4 Å². The van der Waals surface area contributed by atoms with Crippen molar-refractivity contribution < 1.29 is 9.59 Å². The summed E-state index contributed by atoms with van der Waals surface area (Å²) in [7, 11) is 0. The molecule has 3 aliphatic rings. The van der Waals surface area contributed by atoms with E-state index in [0.29, 0.717) is 37.4 Å². The zero-order valence-electron chi connectivity index (χ0n) is 16.4. The first-order chi connectivity index (χ1) is 13.2. The Balaban J connectivity index is 0.00000225. The number of benzene rings is 1. The van der Waals surface area contributed by atoms with Gasteiger partial charge in [0.25, 0.3) is 0 Å². The van der Waals surface area contributed by atoms with Gasteiger partial charge in [0.15, 0.2) is 0 Å². The molecule has 0 aliphatic carbocycles. The number of hydrogen-bond acceptors (Lipinski definition) is 3. The van der Waals surface area contributed by atoms with Crippen LogP contribution in [0.4, 0.5) is 0 Å². The van der Waals surface area contributed by atoms with Gasteiger partial charge in [0.1, 0.15) is 0 Å². The fraction of sp³-hybridized carbons (Fsp3) is 0.636. The van der Waals surface area contributed by atoms with Crippen molar-refractivity contribution in [1.29, 1.82) is 0 Å². The Bertz CT molecular complexity index is 657. The highest BCUT2D eigenvalue weighted by Gasteiger charge is 2.35. The van der Waals surface area contributed by atoms with Crippen LogP contribution in [0, 0.1) is 5.92 Å². The van der Waals surface area contributed by atoms with Gasteiger partial charge in [0, 0.05) is 44.1 Å². The molecule has 6 heteroatoms. The lowest BCUT2D eigenvalue weighted by Crippen LogP contribution is -2.42. The zero-order valence-corrected chi connectivity index (χ0v) is 17.3. The smallest absolute Gasteiger partial charge is 0.222 e. The van der Waals surface area contributed by atoms with Crippen LogP contribution in [0.15, 0.2) is 30.3 Å². The maximum Gasteiger partial charge on any atom is 0.222 e. The molecule has 5 nitrogen and oxygen atoms in total. The third-order valence-corrected chi connectivity index (χ3v) is 6.42. The van der Waals surface area contributed by atoms with E-state index in [1.807, 2.05) is 23.1 Å². The van der Waals surface area contributed by atoms with Gasteiger partial charge >= 0.3 is 0 Å². The van der Waals surface area contributed by atoms with Crippen LogP contribution in [0.1, 0.15) is 50.5 Å². The number of aryl methyl sites for hydroxylation is 1. The molecule has 0 saturated carbocycles. The first-order valence-electron chi connectivity index (χ1n) is 10.5. The first-order valence-corrected chi connectivity index (χ1v) is 10.5. The molecule has 2 N–H and O–H groups in total. The topological polar surface area (TPSA) is 61.4 Å². The zero-order chi connectivity index (χ0) is 18.6. The highest BCUT2D eigenvalue weighted by Crippen LogP contribution is 2.32. The van der Waals surface area contributed by atoms with Crippen LogP contribution in [0.5, 0.6) is 0 Å². The van der Waals surface area contributed by atoms with Crippen LogP contribution in [0.2, 0.25) is 0 Å². The SMILES string of the molecule is Cl.O=C(CC1CC2CCC(C1)N2)NC1CCN(C(=O)CCc2ccccc2)C1. The highest BCUT2D eigenvalue weighted by atomic mass is 35.5. The van der Waals surface area contributed by atoms with Gasteiger partial charge in [0.05, 0.1) is 0 Å². The van der Waals surface area contributed by atoms with Gasteiger partial charge in [-0.2, -0.15) is 0 Å². The number of nitrogens with one attached hydrogen (secondary N) is 2. The van der Waals surface area contributed by atoms with Crippen LogP contribution in [-0.4, -0.2) is 47.9 Å². The van der Waals surface area contributed by atoms with Crippen molar-refractivity contribution in [2.24, 2.45) is 5.92 Å². The molecule has 3 unspecified atom stereocenters. The van der Waals surface area contributed by atoms with Crippen LogP contribution >= 0.6 is 12.4 Å². The van der Waals surface area contributed by atoms with Crippen molar-refractivity contribution in [3.05, 3.63) is 35.9 Å². The van der Waals surface area contributed by atoms with Crippen molar-refractivity contribution in [1.82, 2.24) is 15.5 Å². The Kier molecular flexibility index (Phi) is 7.36. The molecular formula is C22H32ClN3O2. The number of carbonyl (C=O) groups is 2. The number of halogens is 1. The molecule has 28 heavy (non-hydrogen) atoms. The van der Waals surface area contributed by atoms with Gasteiger partial charge in [-0.05, 0) is 50.0 Å². The summed E-state index contributed by atoms with van der Waals surface area (Å²) in [4.78, 5) is 26.8. The molecule has 0 radical (unpaired) electrons. The Labute approximate surface area is 174 Å². The summed E-state index contributed by atoms with van der Waals surface area (Å²) in [6, 6.07) is 11.5. The largest absolute Gasteiger partial charge is 0.352 e. The minimum atomic E-state index is 0. The molecule has 2 amide bonds. The number of rotatable bonds is 6. The van der Waals surface area contributed by atoms with Crippen molar-refractivity contribution in [3.63, 3.8) is 0 Å². The monoisotopic (exact) mass is 405 g/mol. The number of fused-ring (bicyclic) bond motifs is 2. The number of hydrogen-bond donors (Lipinski definition) is 2. The Morgan fingerprint density at radius 2 is 1.79 bits per heavy atom. The van der Waals surface area contributed by atoms with E-state index in [9.17, 15) is 9.59 Å². The minimum absolute atomic E-state index is 0. The van der Waals surface area contributed by atoms with Gasteiger partial charge in [-0.1, -0.05) is 30.3 Å². The Hall–Kier alpha value is -1.59.